The third-order valence-electron chi connectivity index (χ3n) is 3.76. The molecule has 1 aliphatic rings. The van der Waals surface area contributed by atoms with Gasteiger partial charge in [0, 0.05) is 5.69 Å². The van der Waals surface area contributed by atoms with E-state index in [1.807, 2.05) is 0 Å². The first-order chi connectivity index (χ1) is 13.3. The second-order valence-electron chi connectivity index (χ2n) is 5.75. The molecule has 0 atom stereocenters. The zero-order valence-electron chi connectivity index (χ0n) is 14.2. The van der Waals surface area contributed by atoms with Crippen molar-refractivity contribution in [2.24, 2.45) is 0 Å². The zero-order chi connectivity index (χ0) is 20.3. The fraction of sp³-hybridized carbons (Fsp3) is 0.0526. The Bertz CT molecular complexity index is 986. The molecule has 2 aromatic carbocycles. The summed E-state index contributed by atoms with van der Waals surface area (Å²) in [7, 11) is 0. The van der Waals surface area contributed by atoms with Crippen LogP contribution in [0.4, 0.5) is 14.9 Å². The van der Waals surface area contributed by atoms with E-state index in [1.54, 1.807) is 0 Å². The second-order valence-corrected chi connectivity index (χ2v) is 6.74. The molecule has 3 rings (SSSR count). The van der Waals surface area contributed by atoms with E-state index in [0.717, 1.165) is 4.90 Å². The predicted octanol–water partition coefficient (Wildman–Crippen LogP) is 3.20. The first-order valence-electron chi connectivity index (χ1n) is 7.97. The Morgan fingerprint density at radius 3 is 2.32 bits per heavy atom. The van der Waals surface area contributed by atoms with Crippen molar-refractivity contribution < 1.29 is 28.7 Å². The molecular formula is C19H13FN2O5S. The van der Waals surface area contributed by atoms with Crippen LogP contribution in [-0.4, -0.2) is 39.6 Å². The fourth-order valence-corrected chi connectivity index (χ4v) is 3.23. The Hall–Kier alpha value is -3.46. The minimum atomic E-state index is -1.07. The Balaban J connectivity index is 1.68. The van der Waals surface area contributed by atoms with Crippen LogP contribution in [-0.2, 0) is 9.59 Å². The topological polar surface area (TPSA) is 104 Å². The van der Waals surface area contributed by atoms with Crippen molar-refractivity contribution in [2.75, 3.05) is 11.9 Å². The van der Waals surface area contributed by atoms with Gasteiger partial charge in [0.1, 0.15) is 12.4 Å². The molecule has 2 aromatic rings. The average Bonchev–Trinajstić information content (AvgIpc) is 2.91. The summed E-state index contributed by atoms with van der Waals surface area (Å²) < 4.78 is 12.9. The molecule has 0 spiro atoms. The summed E-state index contributed by atoms with van der Waals surface area (Å²) in [6.07, 6.45) is 1.45. The van der Waals surface area contributed by atoms with Crippen molar-refractivity contribution in [3.8, 4) is 0 Å². The molecular weight excluding hydrogens is 387 g/mol. The highest BCUT2D eigenvalue weighted by atomic mass is 32.2. The number of nitrogens with one attached hydrogen (secondary N) is 1. The number of hydrogen-bond acceptors (Lipinski definition) is 5. The van der Waals surface area contributed by atoms with Crippen LogP contribution in [0.2, 0.25) is 0 Å². The van der Waals surface area contributed by atoms with Gasteiger partial charge in [-0.3, -0.25) is 19.3 Å². The molecule has 0 aromatic heterocycles. The molecule has 7 nitrogen and oxygen atoms in total. The van der Waals surface area contributed by atoms with Crippen LogP contribution < -0.4 is 5.32 Å². The zero-order valence-corrected chi connectivity index (χ0v) is 15.0. The van der Waals surface area contributed by atoms with Crippen LogP contribution in [0.1, 0.15) is 15.9 Å². The number of thioether (sulfide) groups is 1. The first kappa shape index (κ1) is 19.3. The number of carboxylic acid groups (broad SMARTS) is 1. The largest absolute Gasteiger partial charge is 0.478 e. The molecule has 9 heteroatoms. The molecule has 1 fully saturated rings. The molecule has 0 aliphatic carbocycles. The van der Waals surface area contributed by atoms with E-state index in [-0.39, 0.29) is 10.5 Å². The number of carbonyl (C=O) groups excluding carboxylic acids is 3. The van der Waals surface area contributed by atoms with Gasteiger partial charge in [-0.05, 0) is 59.8 Å². The van der Waals surface area contributed by atoms with Crippen LogP contribution in [0.5, 0.6) is 0 Å². The highest BCUT2D eigenvalue weighted by Crippen LogP contribution is 2.32. The summed E-state index contributed by atoms with van der Waals surface area (Å²) in [5, 5.41) is 10.8. The lowest BCUT2D eigenvalue weighted by molar-refractivity contribution is -0.127. The summed E-state index contributed by atoms with van der Waals surface area (Å²) in [6, 6.07) is 10.9. The number of aromatic carboxylic acids is 1. The summed E-state index contributed by atoms with van der Waals surface area (Å²) in [5.74, 6) is -2.74. The standard InChI is InChI=1S/C19H13FN2O5S/c20-13-5-7-14(8-6-13)21-16(23)10-22-17(24)15(28-19(22)27)9-11-1-3-12(4-2-11)18(25)26/h1-9H,10H2,(H,21,23)(H,25,26)/b15-9-. The smallest absolute Gasteiger partial charge is 0.335 e. The third-order valence-corrected chi connectivity index (χ3v) is 4.67. The van der Waals surface area contributed by atoms with Crippen molar-refractivity contribution in [3.05, 3.63) is 70.4 Å². The minimum absolute atomic E-state index is 0.0997. The molecule has 2 N–H and O–H groups in total. The van der Waals surface area contributed by atoms with Gasteiger partial charge >= 0.3 is 5.97 Å². The normalized spacial score (nSPS) is 15.2. The Morgan fingerprint density at radius 1 is 1.07 bits per heavy atom. The molecule has 1 saturated heterocycles. The number of amides is 3. The van der Waals surface area contributed by atoms with Gasteiger partial charge in [0.05, 0.1) is 10.5 Å². The number of hydrogen-bond donors (Lipinski definition) is 2. The molecule has 1 heterocycles. The van der Waals surface area contributed by atoms with Gasteiger partial charge in [-0.25, -0.2) is 9.18 Å². The van der Waals surface area contributed by atoms with E-state index in [0.29, 0.717) is 23.0 Å². The lowest BCUT2D eigenvalue weighted by Gasteiger charge is -2.12. The highest BCUT2D eigenvalue weighted by Gasteiger charge is 2.36. The molecule has 0 bridgehead atoms. The van der Waals surface area contributed by atoms with Gasteiger partial charge in [-0.2, -0.15) is 0 Å². The van der Waals surface area contributed by atoms with Gasteiger partial charge in [0.25, 0.3) is 11.1 Å². The summed E-state index contributed by atoms with van der Waals surface area (Å²) in [5.41, 5.74) is 0.987. The minimum Gasteiger partial charge on any atom is -0.478 e. The van der Waals surface area contributed by atoms with Crippen molar-refractivity contribution >= 4 is 46.5 Å². The SMILES string of the molecule is O=C(CN1C(=O)S/C(=C\c2ccc(C(=O)O)cc2)C1=O)Nc1ccc(F)cc1. The first-order valence-corrected chi connectivity index (χ1v) is 8.79. The van der Waals surface area contributed by atoms with Gasteiger partial charge in [-0.15, -0.1) is 0 Å². The number of nitrogens with zero attached hydrogens (tertiary/aromatic N) is 1. The molecule has 142 valence electrons. The maximum Gasteiger partial charge on any atom is 0.335 e. The van der Waals surface area contributed by atoms with Gasteiger partial charge < -0.3 is 10.4 Å². The maximum atomic E-state index is 12.9. The van der Waals surface area contributed by atoms with Crippen LogP contribution in [0.25, 0.3) is 6.08 Å². The summed E-state index contributed by atoms with van der Waals surface area (Å²) in [4.78, 5) is 48.4. The maximum absolute atomic E-state index is 12.9. The van der Waals surface area contributed by atoms with Crippen LogP contribution >= 0.6 is 11.8 Å². The van der Waals surface area contributed by atoms with E-state index in [9.17, 15) is 23.6 Å². The van der Waals surface area contributed by atoms with Crippen molar-refractivity contribution in [2.45, 2.75) is 0 Å². The van der Waals surface area contributed by atoms with Crippen LogP contribution in [0, 0.1) is 5.82 Å². The monoisotopic (exact) mass is 400 g/mol. The number of imide groups is 1. The highest BCUT2D eigenvalue weighted by molar-refractivity contribution is 8.18. The lowest BCUT2D eigenvalue weighted by Crippen LogP contribution is -2.36. The number of halogens is 1. The Morgan fingerprint density at radius 2 is 1.71 bits per heavy atom. The predicted molar refractivity (Wildman–Crippen MR) is 101 cm³/mol. The molecule has 0 radical (unpaired) electrons. The number of rotatable bonds is 5. The molecule has 0 unspecified atom stereocenters. The quantitative estimate of drug-likeness (QED) is 0.747. The van der Waals surface area contributed by atoms with E-state index in [4.69, 9.17) is 5.11 Å². The number of benzene rings is 2. The average molecular weight is 400 g/mol. The number of carbonyl (C=O) groups is 4. The third kappa shape index (κ3) is 4.44. The summed E-state index contributed by atoms with van der Waals surface area (Å²) >= 11 is 0.690. The van der Waals surface area contributed by atoms with E-state index < -0.39 is 35.4 Å². The molecule has 3 amide bonds. The van der Waals surface area contributed by atoms with Crippen molar-refractivity contribution in [1.82, 2.24) is 4.90 Å². The molecule has 0 saturated carbocycles. The Kier molecular flexibility index (Phi) is 5.55. The van der Waals surface area contributed by atoms with Crippen molar-refractivity contribution in [3.63, 3.8) is 0 Å². The fourth-order valence-electron chi connectivity index (χ4n) is 2.39. The van der Waals surface area contributed by atoms with Crippen LogP contribution in [0.3, 0.4) is 0 Å². The van der Waals surface area contributed by atoms with Crippen LogP contribution in [0.15, 0.2) is 53.4 Å². The number of carboxylic acids is 1. The summed E-state index contributed by atoms with van der Waals surface area (Å²) in [6.45, 7) is -0.475. The number of anilines is 1. The second kappa shape index (κ2) is 8.05. The lowest BCUT2D eigenvalue weighted by atomic mass is 10.1. The Labute approximate surface area is 162 Å². The van der Waals surface area contributed by atoms with E-state index >= 15 is 0 Å². The molecule has 28 heavy (non-hydrogen) atoms. The van der Waals surface area contributed by atoms with Gasteiger partial charge in [0.15, 0.2) is 0 Å². The molecule has 1 aliphatic heterocycles. The van der Waals surface area contributed by atoms with Gasteiger partial charge in [-0.1, -0.05) is 12.1 Å². The van der Waals surface area contributed by atoms with E-state index in [1.165, 1.54) is 54.6 Å². The van der Waals surface area contributed by atoms with Gasteiger partial charge in [0.2, 0.25) is 5.91 Å². The van der Waals surface area contributed by atoms with Crippen molar-refractivity contribution in [1.29, 1.82) is 0 Å². The van der Waals surface area contributed by atoms with E-state index in [2.05, 4.69) is 5.32 Å².